The molecular formula is C15H22N2O4. The van der Waals surface area contributed by atoms with Gasteiger partial charge in [-0.2, -0.15) is 0 Å². The van der Waals surface area contributed by atoms with E-state index in [1.165, 1.54) is 0 Å². The van der Waals surface area contributed by atoms with Crippen molar-refractivity contribution >= 4 is 11.9 Å². The zero-order chi connectivity index (χ0) is 15.6. The summed E-state index contributed by atoms with van der Waals surface area (Å²) < 4.78 is 5.11. The van der Waals surface area contributed by atoms with Crippen molar-refractivity contribution < 1.29 is 19.2 Å². The number of hydrogen-bond donors (Lipinski definition) is 1. The van der Waals surface area contributed by atoms with Crippen molar-refractivity contribution in [3.63, 3.8) is 0 Å². The zero-order valence-corrected chi connectivity index (χ0v) is 12.8. The quantitative estimate of drug-likeness (QED) is 0.920. The van der Waals surface area contributed by atoms with Gasteiger partial charge in [-0.1, -0.05) is 19.0 Å². The lowest BCUT2D eigenvalue weighted by molar-refractivity contribution is -0.152. The summed E-state index contributed by atoms with van der Waals surface area (Å²) in [6, 6.07) is 0. The van der Waals surface area contributed by atoms with Crippen LogP contribution in [-0.2, 0) is 11.2 Å². The average Bonchev–Trinajstić information content (AvgIpc) is 2.87. The fourth-order valence-corrected chi connectivity index (χ4v) is 3.01. The Kier molecular flexibility index (Phi) is 4.34. The van der Waals surface area contributed by atoms with E-state index in [-0.39, 0.29) is 12.5 Å². The Bertz CT molecular complexity index is 552. The second-order valence-corrected chi connectivity index (χ2v) is 5.68. The SMILES string of the molecule is CCc1noc(C)c1C(=O)N1CCCC(CC)(C(=O)O)C1. The van der Waals surface area contributed by atoms with E-state index in [2.05, 4.69) is 5.16 Å². The first kappa shape index (κ1) is 15.5. The maximum Gasteiger partial charge on any atom is 0.311 e. The summed E-state index contributed by atoms with van der Waals surface area (Å²) in [7, 11) is 0. The highest BCUT2D eigenvalue weighted by Crippen LogP contribution is 2.34. The molecule has 0 aromatic carbocycles. The summed E-state index contributed by atoms with van der Waals surface area (Å²) in [4.78, 5) is 25.9. The highest BCUT2D eigenvalue weighted by Gasteiger charge is 2.42. The van der Waals surface area contributed by atoms with Crippen LogP contribution in [0.4, 0.5) is 0 Å². The first-order valence-corrected chi connectivity index (χ1v) is 7.43. The van der Waals surface area contributed by atoms with Crippen LogP contribution >= 0.6 is 0 Å². The minimum Gasteiger partial charge on any atom is -0.481 e. The number of carbonyl (C=O) groups is 2. The molecule has 21 heavy (non-hydrogen) atoms. The normalized spacial score (nSPS) is 22.3. The Labute approximate surface area is 124 Å². The van der Waals surface area contributed by atoms with Crippen molar-refractivity contribution in [1.29, 1.82) is 0 Å². The van der Waals surface area contributed by atoms with E-state index in [9.17, 15) is 14.7 Å². The first-order valence-electron chi connectivity index (χ1n) is 7.43. The molecule has 116 valence electrons. The molecule has 1 aromatic heterocycles. The van der Waals surface area contributed by atoms with Crippen LogP contribution in [0.2, 0.25) is 0 Å². The highest BCUT2D eigenvalue weighted by molar-refractivity contribution is 5.96. The molecule has 0 bridgehead atoms. The lowest BCUT2D eigenvalue weighted by atomic mass is 9.77. The summed E-state index contributed by atoms with van der Waals surface area (Å²) in [5.74, 6) is -0.482. The fraction of sp³-hybridized carbons (Fsp3) is 0.667. The molecule has 1 amide bonds. The van der Waals surface area contributed by atoms with Crippen LogP contribution in [0.3, 0.4) is 0 Å². The number of amides is 1. The molecule has 6 heteroatoms. The van der Waals surface area contributed by atoms with Gasteiger partial charge in [0.15, 0.2) is 0 Å². The van der Waals surface area contributed by atoms with E-state index in [4.69, 9.17) is 4.52 Å². The van der Waals surface area contributed by atoms with Gasteiger partial charge in [0, 0.05) is 13.1 Å². The van der Waals surface area contributed by atoms with E-state index in [0.29, 0.717) is 49.2 Å². The monoisotopic (exact) mass is 294 g/mol. The standard InChI is InChI=1S/C15H22N2O4/c1-4-11-12(10(3)21-16-11)13(18)17-8-6-7-15(5-2,9-17)14(19)20/h4-9H2,1-3H3,(H,19,20). The van der Waals surface area contributed by atoms with Crippen LogP contribution in [0.1, 0.15) is 54.9 Å². The Balaban J connectivity index is 2.27. The van der Waals surface area contributed by atoms with Gasteiger partial charge in [0.25, 0.3) is 5.91 Å². The van der Waals surface area contributed by atoms with Gasteiger partial charge in [-0.15, -0.1) is 0 Å². The predicted octanol–water partition coefficient (Wildman–Crippen LogP) is 2.26. The molecule has 1 aliphatic rings. The number of nitrogens with zero attached hydrogens (tertiary/aromatic N) is 2. The van der Waals surface area contributed by atoms with Gasteiger partial charge in [0.2, 0.25) is 0 Å². The molecule has 1 saturated heterocycles. The molecule has 0 saturated carbocycles. The molecule has 1 fully saturated rings. The Hall–Kier alpha value is -1.85. The van der Waals surface area contributed by atoms with Gasteiger partial charge < -0.3 is 14.5 Å². The number of aryl methyl sites for hydroxylation is 2. The summed E-state index contributed by atoms with van der Waals surface area (Å²) >= 11 is 0. The summed E-state index contributed by atoms with van der Waals surface area (Å²) in [5.41, 5.74) is 0.307. The Morgan fingerprint density at radius 3 is 2.71 bits per heavy atom. The highest BCUT2D eigenvalue weighted by atomic mass is 16.5. The van der Waals surface area contributed by atoms with Crippen LogP contribution in [0, 0.1) is 12.3 Å². The zero-order valence-electron chi connectivity index (χ0n) is 12.8. The minimum atomic E-state index is -0.828. The molecule has 1 atom stereocenters. The number of aliphatic carboxylic acids is 1. The van der Waals surface area contributed by atoms with E-state index >= 15 is 0 Å². The van der Waals surface area contributed by atoms with E-state index in [1.54, 1.807) is 11.8 Å². The van der Waals surface area contributed by atoms with Gasteiger partial charge in [-0.25, -0.2) is 0 Å². The molecule has 1 aromatic rings. The molecule has 2 heterocycles. The van der Waals surface area contributed by atoms with Gasteiger partial charge in [0.05, 0.1) is 11.1 Å². The molecule has 0 radical (unpaired) electrons. The van der Waals surface area contributed by atoms with Gasteiger partial charge in [0.1, 0.15) is 11.3 Å². The van der Waals surface area contributed by atoms with Crippen molar-refractivity contribution in [3.8, 4) is 0 Å². The average molecular weight is 294 g/mol. The first-order chi connectivity index (χ1) is 9.95. The number of carboxylic acids is 1. The molecule has 1 aliphatic heterocycles. The van der Waals surface area contributed by atoms with Crippen LogP contribution in [0.5, 0.6) is 0 Å². The molecule has 0 aliphatic carbocycles. The van der Waals surface area contributed by atoms with Crippen molar-refractivity contribution in [2.75, 3.05) is 13.1 Å². The number of rotatable bonds is 4. The van der Waals surface area contributed by atoms with Crippen LogP contribution in [-0.4, -0.2) is 40.1 Å². The number of hydrogen-bond acceptors (Lipinski definition) is 4. The molecule has 1 N–H and O–H groups in total. The Morgan fingerprint density at radius 1 is 1.43 bits per heavy atom. The molecule has 0 spiro atoms. The molecule has 2 rings (SSSR count). The number of carboxylic acid groups (broad SMARTS) is 1. The van der Waals surface area contributed by atoms with Crippen LogP contribution < -0.4 is 0 Å². The van der Waals surface area contributed by atoms with Crippen molar-refractivity contribution in [1.82, 2.24) is 10.1 Å². The van der Waals surface area contributed by atoms with Crippen LogP contribution in [0.25, 0.3) is 0 Å². The lowest BCUT2D eigenvalue weighted by Gasteiger charge is -2.39. The Morgan fingerprint density at radius 2 is 2.14 bits per heavy atom. The second kappa shape index (κ2) is 5.87. The van der Waals surface area contributed by atoms with Crippen molar-refractivity contribution in [2.24, 2.45) is 5.41 Å². The van der Waals surface area contributed by atoms with Crippen LogP contribution in [0.15, 0.2) is 4.52 Å². The molecule has 1 unspecified atom stereocenters. The summed E-state index contributed by atoms with van der Waals surface area (Å²) in [5, 5.41) is 13.4. The summed E-state index contributed by atoms with van der Waals surface area (Å²) in [6.07, 6.45) is 2.46. The number of piperidine rings is 1. The largest absolute Gasteiger partial charge is 0.481 e. The van der Waals surface area contributed by atoms with Gasteiger partial charge in [-0.3, -0.25) is 9.59 Å². The van der Waals surface area contributed by atoms with E-state index in [0.717, 1.165) is 0 Å². The maximum absolute atomic E-state index is 12.7. The molecule has 6 nitrogen and oxygen atoms in total. The fourth-order valence-electron chi connectivity index (χ4n) is 3.01. The van der Waals surface area contributed by atoms with E-state index < -0.39 is 11.4 Å². The third-order valence-electron chi connectivity index (χ3n) is 4.48. The number of carbonyl (C=O) groups excluding carboxylic acids is 1. The third kappa shape index (κ3) is 2.66. The molecular weight excluding hydrogens is 272 g/mol. The third-order valence-corrected chi connectivity index (χ3v) is 4.48. The summed E-state index contributed by atoms with van der Waals surface area (Å²) in [6.45, 7) is 6.34. The van der Waals surface area contributed by atoms with Gasteiger partial charge in [-0.05, 0) is 32.6 Å². The predicted molar refractivity (Wildman–Crippen MR) is 76.1 cm³/mol. The van der Waals surface area contributed by atoms with Crippen molar-refractivity contribution in [2.45, 2.75) is 46.5 Å². The topological polar surface area (TPSA) is 83.6 Å². The number of aromatic nitrogens is 1. The number of likely N-dealkylation sites (tertiary alicyclic amines) is 1. The minimum absolute atomic E-state index is 0.163. The lowest BCUT2D eigenvalue weighted by Crippen LogP contribution is -2.49. The van der Waals surface area contributed by atoms with E-state index in [1.807, 2.05) is 13.8 Å². The van der Waals surface area contributed by atoms with Crippen molar-refractivity contribution in [3.05, 3.63) is 17.0 Å². The smallest absolute Gasteiger partial charge is 0.311 e. The second-order valence-electron chi connectivity index (χ2n) is 5.68. The maximum atomic E-state index is 12.7. The van der Waals surface area contributed by atoms with Gasteiger partial charge >= 0.3 is 5.97 Å².